The van der Waals surface area contributed by atoms with Gasteiger partial charge in [0.25, 0.3) is 0 Å². The number of benzene rings is 1. The lowest BCUT2D eigenvalue weighted by Gasteiger charge is -2.21. The van der Waals surface area contributed by atoms with E-state index < -0.39 is 12.1 Å². The molecular weight excluding hydrogens is 387 g/mol. The van der Waals surface area contributed by atoms with E-state index in [9.17, 15) is 18.0 Å². The second-order valence-electron chi connectivity index (χ2n) is 6.97. The zero-order chi connectivity index (χ0) is 21.0. The molecule has 1 amide bonds. The molecule has 154 valence electrons. The molecule has 1 aromatic carbocycles. The van der Waals surface area contributed by atoms with Gasteiger partial charge in [-0.1, -0.05) is 24.3 Å². The summed E-state index contributed by atoms with van der Waals surface area (Å²) >= 11 is 0. The third-order valence-corrected chi connectivity index (χ3v) is 4.94. The maximum absolute atomic E-state index is 12.7. The molecule has 6 nitrogen and oxygen atoms in total. The van der Waals surface area contributed by atoms with Crippen molar-refractivity contribution in [3.63, 3.8) is 0 Å². The molecule has 0 saturated carbocycles. The number of aliphatic carboxylic acids is 1. The van der Waals surface area contributed by atoms with Crippen LogP contribution in [0.4, 0.5) is 18.9 Å². The maximum atomic E-state index is 12.7. The number of hydrogen-bond donors (Lipinski definition) is 1. The smallest absolute Gasteiger partial charge is 0.475 e. The van der Waals surface area contributed by atoms with Crippen LogP contribution in [-0.2, 0) is 16.1 Å². The van der Waals surface area contributed by atoms with Gasteiger partial charge in [0.1, 0.15) is 0 Å². The minimum atomic E-state index is -5.08. The van der Waals surface area contributed by atoms with Crippen molar-refractivity contribution in [3.05, 3.63) is 60.4 Å². The van der Waals surface area contributed by atoms with Gasteiger partial charge in [0.05, 0.1) is 11.6 Å². The Morgan fingerprint density at radius 3 is 2.28 bits per heavy atom. The van der Waals surface area contributed by atoms with Crippen molar-refractivity contribution in [2.45, 2.75) is 12.7 Å². The van der Waals surface area contributed by atoms with E-state index in [4.69, 9.17) is 9.90 Å². The number of carboxylic acid groups (broad SMARTS) is 1. The number of hydrogen-bond acceptors (Lipinski definition) is 4. The van der Waals surface area contributed by atoms with Crippen molar-refractivity contribution in [1.82, 2.24) is 9.88 Å². The van der Waals surface area contributed by atoms with Gasteiger partial charge in [0.15, 0.2) is 0 Å². The Morgan fingerprint density at radius 2 is 1.72 bits per heavy atom. The van der Waals surface area contributed by atoms with E-state index in [2.05, 4.69) is 9.88 Å². The molecule has 2 aliphatic rings. The lowest BCUT2D eigenvalue weighted by Crippen LogP contribution is -2.32. The molecule has 0 aliphatic carbocycles. The maximum Gasteiger partial charge on any atom is 0.490 e. The fraction of sp³-hybridized carbons (Fsp3) is 0.350. The van der Waals surface area contributed by atoms with E-state index >= 15 is 0 Å². The third-order valence-electron chi connectivity index (χ3n) is 4.94. The number of pyridine rings is 1. The Labute approximate surface area is 165 Å². The Kier molecular flexibility index (Phi) is 6.17. The normalized spacial score (nSPS) is 21.5. The molecule has 0 spiro atoms. The van der Waals surface area contributed by atoms with E-state index in [1.807, 2.05) is 59.6 Å². The van der Waals surface area contributed by atoms with Crippen molar-refractivity contribution in [1.29, 1.82) is 0 Å². The number of carbonyl (C=O) groups is 2. The van der Waals surface area contributed by atoms with Crippen LogP contribution in [0.2, 0.25) is 0 Å². The first-order valence-electron chi connectivity index (χ1n) is 9.04. The van der Waals surface area contributed by atoms with Crippen molar-refractivity contribution >= 4 is 17.6 Å². The molecule has 9 heteroatoms. The number of rotatable bonds is 3. The first-order chi connectivity index (χ1) is 13.8. The van der Waals surface area contributed by atoms with Gasteiger partial charge in [-0.05, 0) is 24.3 Å². The Balaban J connectivity index is 0.000000298. The lowest BCUT2D eigenvalue weighted by atomic mass is 10.0. The van der Waals surface area contributed by atoms with E-state index in [0.717, 1.165) is 37.6 Å². The number of nitrogens with zero attached hydrogens (tertiary/aromatic N) is 3. The van der Waals surface area contributed by atoms with E-state index in [1.165, 1.54) is 0 Å². The van der Waals surface area contributed by atoms with Crippen molar-refractivity contribution in [3.8, 4) is 0 Å². The number of aromatic nitrogens is 1. The van der Waals surface area contributed by atoms with E-state index in [-0.39, 0.29) is 11.8 Å². The lowest BCUT2D eigenvalue weighted by molar-refractivity contribution is -0.192. The van der Waals surface area contributed by atoms with Crippen LogP contribution >= 0.6 is 0 Å². The highest BCUT2D eigenvalue weighted by Gasteiger charge is 2.46. The highest BCUT2D eigenvalue weighted by atomic mass is 19.4. The van der Waals surface area contributed by atoms with Crippen LogP contribution in [0, 0.1) is 11.8 Å². The summed E-state index contributed by atoms with van der Waals surface area (Å²) in [5, 5.41) is 7.12. The zero-order valence-electron chi connectivity index (χ0n) is 15.4. The molecule has 1 aromatic heterocycles. The summed E-state index contributed by atoms with van der Waals surface area (Å²) in [6.45, 7) is 3.51. The van der Waals surface area contributed by atoms with Crippen LogP contribution in [0.15, 0.2) is 54.7 Å². The SMILES string of the molecule is O=C(O)C(F)(F)F.O=C1C2CN(Cc3ccccn3)CC2CN1c1ccccc1. The first kappa shape index (κ1) is 20.8. The van der Waals surface area contributed by atoms with Crippen molar-refractivity contribution in [2.75, 3.05) is 24.5 Å². The predicted molar refractivity (Wildman–Crippen MR) is 99.0 cm³/mol. The zero-order valence-corrected chi connectivity index (χ0v) is 15.4. The quantitative estimate of drug-likeness (QED) is 0.847. The molecule has 2 aromatic rings. The number of para-hydroxylation sites is 1. The fourth-order valence-electron chi connectivity index (χ4n) is 3.64. The van der Waals surface area contributed by atoms with Gasteiger partial charge in [-0.2, -0.15) is 13.2 Å². The van der Waals surface area contributed by atoms with Crippen molar-refractivity contribution in [2.24, 2.45) is 11.8 Å². The van der Waals surface area contributed by atoms with Crippen LogP contribution in [0.1, 0.15) is 5.69 Å². The second-order valence-corrected chi connectivity index (χ2v) is 6.97. The molecule has 2 atom stereocenters. The van der Waals surface area contributed by atoms with E-state index in [0.29, 0.717) is 5.92 Å². The van der Waals surface area contributed by atoms with Crippen molar-refractivity contribution < 1.29 is 27.9 Å². The molecule has 0 bridgehead atoms. The standard InChI is InChI=1S/C18H19N3O.C2HF3O2/c22-18-17-13-20(12-15-6-4-5-9-19-15)10-14(17)11-21(18)16-7-2-1-3-8-16;3-2(4,5)1(6)7/h1-9,14,17H,10-13H2;(H,6,7). The molecule has 2 unspecified atom stereocenters. The molecular formula is C20H20F3N3O3. The number of carbonyl (C=O) groups excluding carboxylic acids is 1. The molecule has 2 fully saturated rings. The predicted octanol–water partition coefficient (Wildman–Crippen LogP) is 2.81. The number of anilines is 1. The van der Waals surface area contributed by atoms with Gasteiger partial charge in [0, 0.05) is 44.0 Å². The minimum absolute atomic E-state index is 0.143. The van der Waals surface area contributed by atoms with Crippen LogP contribution in [0.3, 0.4) is 0 Å². The van der Waals surface area contributed by atoms with Gasteiger partial charge >= 0.3 is 12.1 Å². The Bertz CT molecular complexity index is 846. The van der Waals surface area contributed by atoms with Crippen LogP contribution in [0.5, 0.6) is 0 Å². The second kappa shape index (κ2) is 8.60. The van der Waals surface area contributed by atoms with Crippen LogP contribution < -0.4 is 4.90 Å². The first-order valence-corrected chi connectivity index (χ1v) is 9.04. The molecule has 4 rings (SSSR count). The summed E-state index contributed by atoms with van der Waals surface area (Å²) in [6, 6.07) is 16.0. The third kappa shape index (κ3) is 5.11. The summed E-state index contributed by atoms with van der Waals surface area (Å²) in [4.78, 5) is 30.3. The highest BCUT2D eigenvalue weighted by molar-refractivity contribution is 5.98. The number of carboxylic acids is 1. The Morgan fingerprint density at radius 1 is 1.07 bits per heavy atom. The minimum Gasteiger partial charge on any atom is -0.475 e. The average molecular weight is 407 g/mol. The number of fused-ring (bicyclic) bond motifs is 1. The van der Waals surface area contributed by atoms with Crippen LogP contribution in [-0.4, -0.2) is 52.7 Å². The number of halogens is 3. The molecule has 0 radical (unpaired) electrons. The topological polar surface area (TPSA) is 73.7 Å². The van der Waals surface area contributed by atoms with Crippen LogP contribution in [0.25, 0.3) is 0 Å². The number of amides is 1. The van der Waals surface area contributed by atoms with Gasteiger partial charge in [0.2, 0.25) is 5.91 Å². The van der Waals surface area contributed by atoms with Gasteiger partial charge < -0.3 is 10.0 Å². The molecule has 1 N–H and O–H groups in total. The summed E-state index contributed by atoms with van der Waals surface area (Å²) < 4.78 is 31.7. The molecule has 2 aliphatic heterocycles. The number of likely N-dealkylation sites (tertiary alicyclic amines) is 1. The summed E-state index contributed by atoms with van der Waals surface area (Å²) in [7, 11) is 0. The summed E-state index contributed by atoms with van der Waals surface area (Å²) in [6.07, 6.45) is -3.26. The van der Waals surface area contributed by atoms with E-state index in [1.54, 1.807) is 0 Å². The highest BCUT2D eigenvalue weighted by Crippen LogP contribution is 2.35. The fourth-order valence-corrected chi connectivity index (χ4v) is 3.64. The molecule has 2 saturated heterocycles. The molecule has 29 heavy (non-hydrogen) atoms. The van der Waals surface area contributed by atoms with Gasteiger partial charge in [-0.25, -0.2) is 4.79 Å². The monoisotopic (exact) mass is 407 g/mol. The van der Waals surface area contributed by atoms with Gasteiger partial charge in [-0.3, -0.25) is 14.7 Å². The largest absolute Gasteiger partial charge is 0.490 e. The Hall–Kier alpha value is -2.94. The average Bonchev–Trinajstić information content (AvgIpc) is 3.22. The summed E-state index contributed by atoms with van der Waals surface area (Å²) in [5.74, 6) is -1.90. The number of alkyl halides is 3. The van der Waals surface area contributed by atoms with Gasteiger partial charge in [-0.15, -0.1) is 0 Å². The molecule has 3 heterocycles. The summed E-state index contributed by atoms with van der Waals surface area (Å²) in [5.41, 5.74) is 2.10.